The molecule has 0 heterocycles. The predicted octanol–water partition coefficient (Wildman–Crippen LogP) is 7.39. The molecule has 1 amide bonds. The summed E-state index contributed by atoms with van der Waals surface area (Å²) in [6, 6.07) is 17.9. The van der Waals surface area contributed by atoms with Crippen LogP contribution in [0.2, 0.25) is 15.1 Å². The van der Waals surface area contributed by atoms with Crippen LogP contribution in [0.3, 0.4) is 0 Å². The van der Waals surface area contributed by atoms with Crippen molar-refractivity contribution >= 4 is 52.5 Å². The van der Waals surface area contributed by atoms with Gasteiger partial charge in [-0.05, 0) is 55.3 Å². The van der Waals surface area contributed by atoms with Crippen molar-refractivity contribution in [3.05, 3.63) is 97.5 Å². The quantitative estimate of drug-likeness (QED) is 0.292. The van der Waals surface area contributed by atoms with E-state index in [9.17, 15) is 10.1 Å². The number of rotatable bonds is 6. The van der Waals surface area contributed by atoms with E-state index in [1.807, 2.05) is 50.2 Å². The molecule has 0 saturated heterocycles. The van der Waals surface area contributed by atoms with Crippen LogP contribution < -0.4 is 10.1 Å². The smallest absolute Gasteiger partial charge is 0.266 e. The van der Waals surface area contributed by atoms with Gasteiger partial charge in [0.1, 0.15) is 24.0 Å². The number of carbonyl (C=O) groups is 1. The summed E-state index contributed by atoms with van der Waals surface area (Å²) in [5.74, 6) is -0.252. The van der Waals surface area contributed by atoms with Gasteiger partial charge < -0.3 is 10.1 Å². The Morgan fingerprint density at radius 3 is 2.53 bits per heavy atom. The molecule has 0 fully saturated rings. The normalized spacial score (nSPS) is 11.1. The zero-order valence-corrected chi connectivity index (χ0v) is 19.6. The van der Waals surface area contributed by atoms with E-state index in [1.165, 1.54) is 12.1 Å². The monoisotopic (exact) mass is 484 g/mol. The highest BCUT2D eigenvalue weighted by molar-refractivity contribution is 6.36. The van der Waals surface area contributed by atoms with Crippen LogP contribution in [0.15, 0.2) is 60.2 Å². The molecule has 3 rings (SSSR count). The third kappa shape index (κ3) is 5.63. The number of hydrogen-bond donors (Lipinski definition) is 1. The van der Waals surface area contributed by atoms with Crippen LogP contribution in [0.5, 0.6) is 5.75 Å². The zero-order chi connectivity index (χ0) is 23.3. The van der Waals surface area contributed by atoms with Gasteiger partial charge in [0.25, 0.3) is 5.91 Å². The van der Waals surface area contributed by atoms with E-state index in [0.29, 0.717) is 27.0 Å². The third-order valence-corrected chi connectivity index (χ3v) is 5.75. The molecule has 0 unspecified atom stereocenters. The summed E-state index contributed by atoms with van der Waals surface area (Å²) in [6.07, 6.45) is 1.40. The fourth-order valence-electron chi connectivity index (χ4n) is 2.99. The van der Waals surface area contributed by atoms with Gasteiger partial charge in [0.15, 0.2) is 0 Å². The zero-order valence-electron chi connectivity index (χ0n) is 17.4. The molecule has 3 aromatic carbocycles. The topological polar surface area (TPSA) is 62.1 Å². The van der Waals surface area contributed by atoms with E-state index in [-0.39, 0.29) is 17.2 Å². The number of nitrogens with one attached hydrogen (secondary N) is 1. The molecule has 0 aliphatic heterocycles. The molecule has 1 N–H and O–H groups in total. The minimum atomic E-state index is -0.547. The fraction of sp³-hybridized carbons (Fsp3) is 0.120. The number of carbonyl (C=O) groups excluding carboxylic acids is 1. The number of nitriles is 1. The lowest BCUT2D eigenvalue weighted by Gasteiger charge is -2.13. The van der Waals surface area contributed by atoms with E-state index in [2.05, 4.69) is 5.32 Å². The molecule has 0 aliphatic rings. The summed E-state index contributed by atoms with van der Waals surface area (Å²) in [4.78, 5) is 12.8. The maximum Gasteiger partial charge on any atom is 0.266 e. The molecule has 0 bridgehead atoms. The van der Waals surface area contributed by atoms with Gasteiger partial charge in [0.2, 0.25) is 0 Å². The highest BCUT2D eigenvalue weighted by atomic mass is 35.5. The number of anilines is 1. The van der Waals surface area contributed by atoms with Crippen LogP contribution in [0.1, 0.15) is 22.3 Å². The molecule has 3 aromatic rings. The van der Waals surface area contributed by atoms with Gasteiger partial charge in [-0.3, -0.25) is 4.79 Å². The lowest BCUT2D eigenvalue weighted by atomic mass is 10.1. The number of halogens is 3. The Morgan fingerprint density at radius 1 is 1.06 bits per heavy atom. The molecule has 0 spiro atoms. The van der Waals surface area contributed by atoms with Crippen LogP contribution >= 0.6 is 34.8 Å². The molecule has 0 aromatic heterocycles. The van der Waals surface area contributed by atoms with E-state index < -0.39 is 5.91 Å². The van der Waals surface area contributed by atoms with Crippen LogP contribution in [0, 0.1) is 25.2 Å². The van der Waals surface area contributed by atoms with Crippen molar-refractivity contribution in [2.75, 3.05) is 5.32 Å². The SMILES string of the molecule is Cc1cccc(NC(=O)/C(C#N)=C/c2cc(Cl)cc(Cl)c2OCc2ccccc2Cl)c1C. The van der Waals surface area contributed by atoms with E-state index in [1.54, 1.807) is 18.2 Å². The number of nitrogens with zero attached hydrogens (tertiary/aromatic N) is 1. The van der Waals surface area contributed by atoms with Gasteiger partial charge >= 0.3 is 0 Å². The van der Waals surface area contributed by atoms with E-state index in [4.69, 9.17) is 39.5 Å². The average molecular weight is 486 g/mol. The summed E-state index contributed by atoms with van der Waals surface area (Å²) < 4.78 is 5.91. The van der Waals surface area contributed by atoms with Gasteiger partial charge in [-0.1, -0.05) is 65.1 Å². The van der Waals surface area contributed by atoms with Crippen LogP contribution in [0.25, 0.3) is 6.08 Å². The van der Waals surface area contributed by atoms with Crippen LogP contribution in [-0.2, 0) is 11.4 Å². The summed E-state index contributed by atoms with van der Waals surface area (Å²) in [5, 5.41) is 13.6. The molecule has 7 heteroatoms. The van der Waals surface area contributed by atoms with Gasteiger partial charge in [-0.15, -0.1) is 0 Å². The van der Waals surface area contributed by atoms with Crippen molar-refractivity contribution in [1.82, 2.24) is 0 Å². The molecular weight excluding hydrogens is 467 g/mol. The first-order chi connectivity index (χ1) is 15.3. The van der Waals surface area contributed by atoms with Crippen molar-refractivity contribution in [3.63, 3.8) is 0 Å². The molecule has 0 aliphatic carbocycles. The first kappa shape index (κ1) is 23.7. The second-order valence-electron chi connectivity index (χ2n) is 7.06. The summed E-state index contributed by atoms with van der Waals surface area (Å²) >= 11 is 18.7. The Morgan fingerprint density at radius 2 is 1.81 bits per heavy atom. The van der Waals surface area contributed by atoms with Gasteiger partial charge in [-0.2, -0.15) is 5.26 Å². The Kier molecular flexibility index (Phi) is 7.82. The second-order valence-corrected chi connectivity index (χ2v) is 8.31. The molecule has 4 nitrogen and oxygen atoms in total. The lowest BCUT2D eigenvalue weighted by Crippen LogP contribution is -2.14. The van der Waals surface area contributed by atoms with Crippen LogP contribution in [-0.4, -0.2) is 5.91 Å². The summed E-state index contributed by atoms with van der Waals surface area (Å²) in [5.41, 5.74) is 3.64. The summed E-state index contributed by atoms with van der Waals surface area (Å²) in [7, 11) is 0. The molecular formula is C25H19Cl3N2O2. The first-order valence-electron chi connectivity index (χ1n) is 9.64. The number of ether oxygens (including phenoxy) is 1. The minimum absolute atomic E-state index is 0.119. The molecule has 32 heavy (non-hydrogen) atoms. The van der Waals surface area contributed by atoms with E-state index in [0.717, 1.165) is 16.7 Å². The van der Waals surface area contributed by atoms with Crippen LogP contribution in [0.4, 0.5) is 5.69 Å². The minimum Gasteiger partial charge on any atom is -0.487 e. The number of amides is 1. The number of benzene rings is 3. The molecule has 162 valence electrons. The predicted molar refractivity (Wildman–Crippen MR) is 130 cm³/mol. The average Bonchev–Trinajstić information content (AvgIpc) is 2.75. The van der Waals surface area contributed by atoms with Crippen molar-refractivity contribution in [1.29, 1.82) is 5.26 Å². The maximum absolute atomic E-state index is 12.8. The van der Waals surface area contributed by atoms with Crippen molar-refractivity contribution in [2.45, 2.75) is 20.5 Å². The number of hydrogen-bond acceptors (Lipinski definition) is 3. The number of aryl methyl sites for hydroxylation is 1. The Labute approximate surface area is 202 Å². The third-order valence-electron chi connectivity index (χ3n) is 4.88. The first-order valence-corrected chi connectivity index (χ1v) is 10.8. The Bertz CT molecular complexity index is 1250. The fourth-order valence-corrected chi connectivity index (χ4v) is 3.74. The summed E-state index contributed by atoms with van der Waals surface area (Å²) in [6.45, 7) is 4.00. The molecule has 0 saturated carbocycles. The largest absolute Gasteiger partial charge is 0.487 e. The highest BCUT2D eigenvalue weighted by Crippen LogP contribution is 2.35. The van der Waals surface area contributed by atoms with Crippen molar-refractivity contribution < 1.29 is 9.53 Å². The maximum atomic E-state index is 12.8. The highest BCUT2D eigenvalue weighted by Gasteiger charge is 2.16. The Balaban J connectivity index is 1.92. The standard InChI is InChI=1S/C25H19Cl3N2O2/c1-15-6-5-9-23(16(15)2)30-25(31)19(13-29)10-18-11-20(26)12-22(28)24(18)32-14-17-7-3-4-8-21(17)27/h3-12H,14H2,1-2H3,(H,30,31)/b19-10+. The molecule has 0 radical (unpaired) electrons. The van der Waals surface area contributed by atoms with Crippen molar-refractivity contribution in [2.24, 2.45) is 0 Å². The van der Waals surface area contributed by atoms with Gasteiger partial charge in [0.05, 0.1) is 5.02 Å². The second kappa shape index (κ2) is 10.6. The molecule has 0 atom stereocenters. The van der Waals surface area contributed by atoms with Gasteiger partial charge in [-0.25, -0.2) is 0 Å². The lowest BCUT2D eigenvalue weighted by molar-refractivity contribution is -0.112. The Hall–Kier alpha value is -2.97. The van der Waals surface area contributed by atoms with Crippen molar-refractivity contribution in [3.8, 4) is 11.8 Å². The van der Waals surface area contributed by atoms with E-state index >= 15 is 0 Å². The van der Waals surface area contributed by atoms with Gasteiger partial charge in [0, 0.05) is 26.9 Å².